The van der Waals surface area contributed by atoms with E-state index < -0.39 is 0 Å². The van der Waals surface area contributed by atoms with Gasteiger partial charge in [-0.3, -0.25) is 4.90 Å². The van der Waals surface area contributed by atoms with Gasteiger partial charge in [0.15, 0.2) is 0 Å². The van der Waals surface area contributed by atoms with Crippen LogP contribution in [0.2, 0.25) is 0 Å². The highest BCUT2D eigenvalue weighted by Gasteiger charge is 2.44. The smallest absolute Gasteiger partial charge is 0.0808 e. The van der Waals surface area contributed by atoms with Crippen molar-refractivity contribution in [1.29, 1.82) is 0 Å². The lowest BCUT2D eigenvalue weighted by Gasteiger charge is -2.30. The highest BCUT2D eigenvalue weighted by molar-refractivity contribution is 8.66. The van der Waals surface area contributed by atoms with E-state index >= 15 is 0 Å². The lowest BCUT2D eigenvalue weighted by molar-refractivity contribution is 0.128. The van der Waals surface area contributed by atoms with Gasteiger partial charge in [0, 0.05) is 5.54 Å². The average Bonchev–Trinajstić information content (AvgIpc) is 2.58. The molecular formula is C8H15NOS2. The second-order valence-electron chi connectivity index (χ2n) is 3.76. The highest BCUT2D eigenvalue weighted by Crippen LogP contribution is 2.39. The lowest BCUT2D eigenvalue weighted by atomic mass is 9.95. The molecule has 0 atom stereocenters. The van der Waals surface area contributed by atoms with E-state index in [4.69, 9.17) is 4.18 Å². The first-order valence-electron chi connectivity index (χ1n) is 4.55. The van der Waals surface area contributed by atoms with E-state index in [1.165, 1.54) is 49.8 Å². The molecule has 0 unspecified atom stereocenters. The van der Waals surface area contributed by atoms with Gasteiger partial charge in [0.25, 0.3) is 0 Å². The number of thiol groups is 1. The molecule has 12 heavy (non-hydrogen) atoms. The van der Waals surface area contributed by atoms with E-state index in [9.17, 15) is 0 Å². The molecule has 0 amide bonds. The SMILES string of the molecule is SSOCC12CCCN1CCC2. The fourth-order valence-electron chi connectivity index (χ4n) is 2.60. The standard InChI is InChI=1S/C8H15NOS2/c11-12-10-7-8-3-1-5-9(8)6-2-4-8/h11H,1-7H2. The van der Waals surface area contributed by atoms with Crippen LogP contribution in [0.4, 0.5) is 0 Å². The van der Waals surface area contributed by atoms with Crippen molar-refractivity contribution in [2.45, 2.75) is 31.2 Å². The van der Waals surface area contributed by atoms with Crippen LogP contribution in [0.1, 0.15) is 25.7 Å². The van der Waals surface area contributed by atoms with Crippen LogP contribution in [0.25, 0.3) is 0 Å². The van der Waals surface area contributed by atoms with E-state index in [2.05, 4.69) is 16.6 Å². The van der Waals surface area contributed by atoms with E-state index in [1.54, 1.807) is 0 Å². The Kier molecular flexibility index (Phi) is 2.89. The van der Waals surface area contributed by atoms with Crippen molar-refractivity contribution in [3.63, 3.8) is 0 Å². The topological polar surface area (TPSA) is 12.5 Å². The first kappa shape index (κ1) is 9.19. The molecule has 2 fully saturated rings. The van der Waals surface area contributed by atoms with Gasteiger partial charge in [-0.2, -0.15) is 0 Å². The number of nitrogens with zero attached hydrogens (tertiary/aromatic N) is 1. The maximum absolute atomic E-state index is 5.36. The largest absolute Gasteiger partial charge is 0.303 e. The summed E-state index contributed by atoms with van der Waals surface area (Å²) in [6, 6.07) is 0. The molecule has 2 aliphatic heterocycles. The third-order valence-electron chi connectivity index (χ3n) is 3.19. The van der Waals surface area contributed by atoms with Crippen LogP contribution in [0, 0.1) is 0 Å². The first-order chi connectivity index (χ1) is 5.87. The molecule has 0 aromatic rings. The van der Waals surface area contributed by atoms with Crippen LogP contribution in [0.3, 0.4) is 0 Å². The molecule has 0 aromatic heterocycles. The maximum Gasteiger partial charge on any atom is 0.0808 e. The van der Waals surface area contributed by atoms with Gasteiger partial charge >= 0.3 is 0 Å². The summed E-state index contributed by atoms with van der Waals surface area (Å²) in [5.41, 5.74) is 0.399. The summed E-state index contributed by atoms with van der Waals surface area (Å²) >= 11 is 5.20. The Bertz CT molecular complexity index is 155. The Labute approximate surface area is 83.0 Å². The summed E-state index contributed by atoms with van der Waals surface area (Å²) in [5, 5.41) is 0. The minimum absolute atomic E-state index is 0.399. The van der Waals surface area contributed by atoms with Crippen molar-refractivity contribution in [3.05, 3.63) is 0 Å². The summed E-state index contributed by atoms with van der Waals surface area (Å²) in [4.78, 5) is 2.59. The second-order valence-corrected chi connectivity index (χ2v) is 4.59. The summed E-state index contributed by atoms with van der Waals surface area (Å²) < 4.78 is 5.36. The van der Waals surface area contributed by atoms with E-state index in [-0.39, 0.29) is 0 Å². The van der Waals surface area contributed by atoms with Crippen molar-refractivity contribution in [2.75, 3.05) is 19.7 Å². The normalized spacial score (nSPS) is 27.8. The molecule has 2 nitrogen and oxygen atoms in total. The first-order valence-corrected chi connectivity index (χ1v) is 6.35. The van der Waals surface area contributed by atoms with Crippen molar-refractivity contribution >= 4 is 22.7 Å². The third-order valence-corrected chi connectivity index (χ3v) is 3.73. The number of hydrogen-bond acceptors (Lipinski definition) is 4. The zero-order valence-corrected chi connectivity index (χ0v) is 8.87. The van der Waals surface area contributed by atoms with Crippen LogP contribution in [0.5, 0.6) is 0 Å². The fraction of sp³-hybridized carbons (Fsp3) is 1.00. The fourth-order valence-corrected chi connectivity index (χ4v) is 3.03. The van der Waals surface area contributed by atoms with Gasteiger partial charge in [0.2, 0.25) is 0 Å². The van der Waals surface area contributed by atoms with Crippen molar-refractivity contribution in [3.8, 4) is 0 Å². The lowest BCUT2D eigenvalue weighted by Crippen LogP contribution is -2.41. The van der Waals surface area contributed by atoms with Gasteiger partial charge in [-0.1, -0.05) is 11.7 Å². The van der Waals surface area contributed by atoms with Gasteiger partial charge in [-0.25, -0.2) is 0 Å². The van der Waals surface area contributed by atoms with Crippen molar-refractivity contribution in [1.82, 2.24) is 4.90 Å². The van der Waals surface area contributed by atoms with Gasteiger partial charge in [-0.05, 0) is 38.8 Å². The highest BCUT2D eigenvalue weighted by atomic mass is 33.1. The molecule has 0 N–H and O–H groups in total. The number of fused-ring (bicyclic) bond motifs is 1. The molecule has 2 rings (SSSR count). The average molecular weight is 205 g/mol. The molecule has 2 aliphatic rings. The van der Waals surface area contributed by atoms with Crippen LogP contribution in [0.15, 0.2) is 0 Å². The van der Waals surface area contributed by atoms with E-state index in [0.29, 0.717) is 5.54 Å². The monoisotopic (exact) mass is 205 g/mol. The zero-order valence-electron chi connectivity index (χ0n) is 7.16. The van der Waals surface area contributed by atoms with Crippen molar-refractivity contribution < 1.29 is 4.18 Å². The molecule has 0 bridgehead atoms. The summed E-state index contributed by atoms with van der Waals surface area (Å²) in [6.45, 7) is 3.42. The Morgan fingerprint density at radius 1 is 1.33 bits per heavy atom. The predicted octanol–water partition coefficient (Wildman–Crippen LogP) is 2.12. The van der Waals surface area contributed by atoms with Crippen LogP contribution < -0.4 is 0 Å². The molecule has 0 saturated carbocycles. The third kappa shape index (κ3) is 1.50. The van der Waals surface area contributed by atoms with E-state index in [1.807, 2.05) is 0 Å². The molecule has 0 spiro atoms. The van der Waals surface area contributed by atoms with Crippen LogP contribution >= 0.6 is 22.7 Å². The van der Waals surface area contributed by atoms with Gasteiger partial charge in [0.1, 0.15) is 0 Å². The molecular weight excluding hydrogens is 190 g/mol. The van der Waals surface area contributed by atoms with Crippen molar-refractivity contribution in [2.24, 2.45) is 0 Å². The number of rotatable bonds is 3. The minimum atomic E-state index is 0.399. The molecule has 0 radical (unpaired) electrons. The number of hydrogen-bond donors (Lipinski definition) is 1. The summed E-state index contributed by atoms with van der Waals surface area (Å²) in [5.74, 6) is 0. The van der Waals surface area contributed by atoms with Gasteiger partial charge in [-0.15, -0.1) is 0 Å². The predicted molar refractivity (Wildman–Crippen MR) is 55.3 cm³/mol. The Balaban J connectivity index is 1.97. The zero-order chi connectivity index (χ0) is 8.44. The van der Waals surface area contributed by atoms with Gasteiger partial charge in [0.05, 0.1) is 17.7 Å². The molecule has 0 aliphatic carbocycles. The Hall–Kier alpha value is 0.620. The molecule has 70 valence electrons. The molecule has 4 heteroatoms. The Morgan fingerprint density at radius 3 is 2.58 bits per heavy atom. The summed E-state index contributed by atoms with van der Waals surface area (Å²) in [7, 11) is 0. The summed E-state index contributed by atoms with van der Waals surface area (Å²) in [6.07, 6.45) is 5.34. The van der Waals surface area contributed by atoms with Crippen LogP contribution in [-0.4, -0.2) is 30.1 Å². The molecule has 0 aromatic carbocycles. The molecule has 2 heterocycles. The van der Waals surface area contributed by atoms with E-state index in [0.717, 1.165) is 6.61 Å². The molecule has 2 saturated heterocycles. The Morgan fingerprint density at radius 2 is 2.00 bits per heavy atom. The minimum Gasteiger partial charge on any atom is -0.303 e. The second kappa shape index (κ2) is 3.78. The quantitative estimate of drug-likeness (QED) is 0.431. The van der Waals surface area contributed by atoms with Crippen LogP contribution in [-0.2, 0) is 4.18 Å². The maximum atomic E-state index is 5.36. The van der Waals surface area contributed by atoms with Gasteiger partial charge < -0.3 is 4.18 Å².